The smallest absolute Gasteiger partial charge is 0.180 e. The Hall–Kier alpha value is -3.91. The molecule has 0 saturated heterocycles. The van der Waals surface area contributed by atoms with Crippen LogP contribution < -0.4 is 0 Å². The minimum atomic E-state index is 0.542. The number of nitrogens with one attached hydrogen (secondary N) is 1. The van der Waals surface area contributed by atoms with Crippen LogP contribution in [-0.4, -0.2) is 40.4 Å². The summed E-state index contributed by atoms with van der Waals surface area (Å²) in [6.45, 7) is 2.71. The molecule has 0 atom stereocenters. The Kier molecular flexibility index (Phi) is 6.40. The van der Waals surface area contributed by atoms with E-state index in [0.29, 0.717) is 17.4 Å². The molecule has 0 spiro atoms. The number of halogens is 1. The highest BCUT2D eigenvalue weighted by molar-refractivity contribution is 6.33. The van der Waals surface area contributed by atoms with Gasteiger partial charge in [0.15, 0.2) is 17.5 Å². The minimum Gasteiger partial charge on any atom is -0.256 e. The van der Waals surface area contributed by atoms with Crippen LogP contribution in [0, 0.1) is 0 Å². The summed E-state index contributed by atoms with van der Waals surface area (Å²) in [6.07, 6.45) is 4.84. The highest BCUT2D eigenvalue weighted by Crippen LogP contribution is 2.29. The van der Waals surface area contributed by atoms with Gasteiger partial charge in [0.2, 0.25) is 0 Å². The fraction of sp³-hybridized carbons (Fsp3) is 0.200. The summed E-state index contributed by atoms with van der Waals surface area (Å²) in [5, 5.41) is 19.7. The maximum Gasteiger partial charge on any atom is 0.180 e. The third-order valence-corrected chi connectivity index (χ3v) is 5.87. The number of aryl methyl sites for hydroxylation is 1. The zero-order valence-corrected chi connectivity index (χ0v) is 19.4. The number of rotatable bonds is 8. The molecule has 0 unspecified atom stereocenters. The van der Waals surface area contributed by atoms with Gasteiger partial charge in [0.1, 0.15) is 0 Å². The van der Waals surface area contributed by atoms with Gasteiger partial charge in [0.05, 0.1) is 17.3 Å². The number of aromatic amines is 1. The summed E-state index contributed by atoms with van der Waals surface area (Å²) in [6, 6.07) is 19.7. The first-order chi connectivity index (χ1) is 16.7. The Bertz CT molecular complexity index is 1380. The Labute approximate surface area is 202 Å². The van der Waals surface area contributed by atoms with Crippen molar-refractivity contribution in [1.82, 2.24) is 40.4 Å². The van der Waals surface area contributed by atoms with E-state index in [4.69, 9.17) is 26.7 Å². The van der Waals surface area contributed by atoms with Crippen molar-refractivity contribution in [2.45, 2.75) is 32.7 Å². The molecule has 2 aromatic carbocycles. The second kappa shape index (κ2) is 9.93. The van der Waals surface area contributed by atoms with Gasteiger partial charge in [-0.1, -0.05) is 67.4 Å². The number of H-pyrrole nitrogens is 1. The lowest BCUT2D eigenvalue weighted by atomic mass is 10.0. The van der Waals surface area contributed by atoms with E-state index in [9.17, 15) is 0 Å². The molecule has 1 N–H and O–H groups in total. The molecule has 0 fully saturated rings. The maximum atomic E-state index is 6.48. The zero-order valence-electron chi connectivity index (χ0n) is 18.7. The Morgan fingerprint density at radius 3 is 2.44 bits per heavy atom. The lowest BCUT2D eigenvalue weighted by Gasteiger charge is -2.09. The van der Waals surface area contributed by atoms with Crippen molar-refractivity contribution in [3.63, 3.8) is 0 Å². The number of tetrazole rings is 1. The summed E-state index contributed by atoms with van der Waals surface area (Å²) in [4.78, 5) is 9.53. The summed E-state index contributed by atoms with van der Waals surface area (Å²) >= 11 is 6.48. The number of hydrogen-bond acceptors (Lipinski definition) is 6. The average Bonchev–Trinajstić information content (AvgIpc) is 3.54. The molecule has 0 amide bonds. The molecule has 0 bridgehead atoms. The molecule has 5 aromatic rings. The first-order valence-electron chi connectivity index (χ1n) is 11.2. The second-order valence-electron chi connectivity index (χ2n) is 7.94. The van der Waals surface area contributed by atoms with Crippen molar-refractivity contribution < 1.29 is 0 Å². The van der Waals surface area contributed by atoms with Gasteiger partial charge >= 0.3 is 0 Å². The lowest BCUT2D eigenvalue weighted by molar-refractivity contribution is 0.664. The van der Waals surface area contributed by atoms with Crippen LogP contribution in [0.2, 0.25) is 5.02 Å². The van der Waals surface area contributed by atoms with Crippen molar-refractivity contribution in [3.05, 3.63) is 83.3 Å². The molecule has 0 aliphatic rings. The van der Waals surface area contributed by atoms with Crippen molar-refractivity contribution in [1.29, 1.82) is 0 Å². The molecule has 0 aliphatic heterocycles. The normalized spacial score (nSPS) is 11.1. The molecule has 0 saturated carbocycles. The highest BCUT2D eigenvalue weighted by atomic mass is 35.5. The molecule has 0 radical (unpaired) electrons. The monoisotopic (exact) mass is 470 g/mol. The van der Waals surface area contributed by atoms with Crippen LogP contribution in [0.5, 0.6) is 0 Å². The van der Waals surface area contributed by atoms with E-state index >= 15 is 0 Å². The van der Waals surface area contributed by atoms with Crippen molar-refractivity contribution >= 4 is 11.6 Å². The standard InChI is InChI=1S/C25H23ClN8/c1-2-3-12-23-28-25(20-10-6-7-11-21(20)26)34(31-23)16-17-13-14-22(27-15-17)18-8-4-5-9-19(18)24-29-32-33-30-24/h4-11,13-15H,2-3,12,16H2,1H3,(H,29,30,32,33). The van der Waals surface area contributed by atoms with Gasteiger partial charge in [-0.2, -0.15) is 5.10 Å². The Morgan fingerprint density at radius 2 is 1.74 bits per heavy atom. The van der Waals surface area contributed by atoms with E-state index in [2.05, 4.69) is 33.6 Å². The Morgan fingerprint density at radius 1 is 0.941 bits per heavy atom. The zero-order chi connectivity index (χ0) is 23.3. The second-order valence-corrected chi connectivity index (χ2v) is 8.35. The molecule has 3 aromatic heterocycles. The molecular formula is C25H23ClN8. The number of aromatic nitrogens is 8. The molecule has 3 heterocycles. The number of benzene rings is 2. The van der Waals surface area contributed by atoms with Crippen LogP contribution in [0.1, 0.15) is 31.2 Å². The van der Waals surface area contributed by atoms with Crippen molar-refractivity contribution in [2.75, 3.05) is 0 Å². The quantitative estimate of drug-likeness (QED) is 0.333. The summed E-state index contributed by atoms with van der Waals surface area (Å²) in [5.74, 6) is 2.20. The van der Waals surface area contributed by atoms with E-state index in [0.717, 1.165) is 58.9 Å². The van der Waals surface area contributed by atoms with Gasteiger partial charge in [0, 0.05) is 29.3 Å². The predicted molar refractivity (Wildman–Crippen MR) is 131 cm³/mol. The summed E-state index contributed by atoms with van der Waals surface area (Å²) < 4.78 is 1.91. The number of hydrogen-bond donors (Lipinski definition) is 1. The fourth-order valence-corrected chi connectivity index (χ4v) is 4.04. The topological polar surface area (TPSA) is 98.1 Å². The van der Waals surface area contributed by atoms with Gasteiger partial charge in [-0.15, -0.1) is 5.10 Å². The average molecular weight is 471 g/mol. The van der Waals surface area contributed by atoms with E-state index in [1.165, 1.54) is 0 Å². The summed E-state index contributed by atoms with van der Waals surface area (Å²) in [7, 11) is 0. The minimum absolute atomic E-state index is 0.542. The van der Waals surface area contributed by atoms with E-state index in [1.54, 1.807) is 0 Å². The van der Waals surface area contributed by atoms with E-state index in [1.807, 2.05) is 65.5 Å². The first-order valence-corrected chi connectivity index (χ1v) is 11.6. The van der Waals surface area contributed by atoms with Gasteiger partial charge in [-0.25, -0.2) is 14.8 Å². The largest absolute Gasteiger partial charge is 0.256 e. The highest BCUT2D eigenvalue weighted by Gasteiger charge is 2.16. The van der Waals surface area contributed by atoms with Gasteiger partial charge in [-0.05, 0) is 40.6 Å². The fourth-order valence-electron chi connectivity index (χ4n) is 3.82. The van der Waals surface area contributed by atoms with Crippen LogP contribution in [-0.2, 0) is 13.0 Å². The summed E-state index contributed by atoms with van der Waals surface area (Å²) in [5.41, 5.74) is 4.57. The predicted octanol–water partition coefficient (Wildman–Crippen LogP) is 5.23. The van der Waals surface area contributed by atoms with Gasteiger partial charge in [0.25, 0.3) is 0 Å². The molecule has 170 valence electrons. The van der Waals surface area contributed by atoms with E-state index in [-0.39, 0.29) is 0 Å². The molecule has 34 heavy (non-hydrogen) atoms. The van der Waals surface area contributed by atoms with Crippen molar-refractivity contribution in [3.8, 4) is 34.0 Å². The molecular weight excluding hydrogens is 448 g/mol. The van der Waals surface area contributed by atoms with Crippen molar-refractivity contribution in [2.24, 2.45) is 0 Å². The third kappa shape index (κ3) is 4.58. The van der Waals surface area contributed by atoms with Crippen LogP contribution in [0.25, 0.3) is 34.0 Å². The lowest BCUT2D eigenvalue weighted by Crippen LogP contribution is -2.05. The van der Waals surface area contributed by atoms with Crippen LogP contribution >= 0.6 is 11.6 Å². The SMILES string of the molecule is CCCCc1nc(-c2ccccc2Cl)n(Cc2ccc(-c3ccccc3-c3nnn[nH]3)nc2)n1. The molecule has 5 rings (SSSR count). The van der Waals surface area contributed by atoms with Crippen LogP contribution in [0.15, 0.2) is 66.9 Å². The Balaban J connectivity index is 1.45. The van der Waals surface area contributed by atoms with Gasteiger partial charge in [-0.3, -0.25) is 4.98 Å². The molecule has 8 nitrogen and oxygen atoms in total. The number of unbranched alkanes of at least 4 members (excludes halogenated alkanes) is 1. The number of pyridine rings is 1. The van der Waals surface area contributed by atoms with E-state index < -0.39 is 0 Å². The maximum absolute atomic E-state index is 6.48. The van der Waals surface area contributed by atoms with Crippen LogP contribution in [0.3, 0.4) is 0 Å². The van der Waals surface area contributed by atoms with Crippen LogP contribution in [0.4, 0.5) is 0 Å². The molecule has 0 aliphatic carbocycles. The third-order valence-electron chi connectivity index (χ3n) is 5.54. The van der Waals surface area contributed by atoms with Gasteiger partial charge < -0.3 is 0 Å². The number of nitrogens with zero attached hydrogens (tertiary/aromatic N) is 7. The first kappa shape index (κ1) is 21.9. The molecule has 9 heteroatoms.